The van der Waals surface area contributed by atoms with E-state index in [1.54, 1.807) is 39.8 Å². The highest BCUT2D eigenvalue weighted by Crippen LogP contribution is 2.22. The van der Waals surface area contributed by atoms with Crippen LogP contribution in [0.15, 0.2) is 23.1 Å². The van der Waals surface area contributed by atoms with Crippen LogP contribution in [0, 0.1) is 6.92 Å². The standard InChI is InChI=1S/C18H31N3O3S/c1-14-10-11-15(20-17(22)9-7-5-6-8-12-19)13-16(14)25(23,24)21-18(2,3)4/h10-11,13,21H,5-9,12,19H2,1-4H3,(H,20,22). The van der Waals surface area contributed by atoms with Crippen LogP contribution in [0.1, 0.15) is 58.4 Å². The van der Waals surface area contributed by atoms with Gasteiger partial charge in [-0.1, -0.05) is 18.9 Å². The van der Waals surface area contributed by atoms with E-state index in [0.717, 1.165) is 25.7 Å². The minimum atomic E-state index is -3.65. The Morgan fingerprint density at radius 3 is 2.36 bits per heavy atom. The zero-order chi connectivity index (χ0) is 19.1. The van der Waals surface area contributed by atoms with Crippen LogP contribution in [0.2, 0.25) is 0 Å². The Kier molecular flexibility index (Phi) is 8.05. The Morgan fingerprint density at radius 1 is 1.12 bits per heavy atom. The van der Waals surface area contributed by atoms with Gasteiger partial charge in [0.25, 0.3) is 0 Å². The summed E-state index contributed by atoms with van der Waals surface area (Å²) in [7, 11) is -3.65. The van der Waals surface area contributed by atoms with Gasteiger partial charge in [0.1, 0.15) is 0 Å². The number of amides is 1. The number of carbonyl (C=O) groups excluding carboxylic acids is 1. The third-order valence-corrected chi connectivity index (χ3v) is 5.46. The quantitative estimate of drug-likeness (QED) is 0.583. The van der Waals surface area contributed by atoms with Gasteiger partial charge < -0.3 is 11.1 Å². The third kappa shape index (κ3) is 7.98. The van der Waals surface area contributed by atoms with Crippen molar-refractivity contribution in [3.8, 4) is 0 Å². The maximum absolute atomic E-state index is 12.5. The molecule has 0 saturated carbocycles. The number of anilines is 1. The van der Waals surface area contributed by atoms with Crippen molar-refractivity contribution in [3.05, 3.63) is 23.8 Å². The molecular weight excluding hydrogens is 338 g/mol. The van der Waals surface area contributed by atoms with E-state index in [4.69, 9.17) is 5.73 Å². The summed E-state index contributed by atoms with van der Waals surface area (Å²) < 4.78 is 27.7. The number of unbranched alkanes of at least 4 members (excludes halogenated alkanes) is 3. The minimum absolute atomic E-state index is 0.108. The Labute approximate surface area is 151 Å². The summed E-state index contributed by atoms with van der Waals surface area (Å²) in [5.74, 6) is -0.108. The lowest BCUT2D eigenvalue weighted by Gasteiger charge is -2.21. The first-order chi connectivity index (χ1) is 11.5. The van der Waals surface area contributed by atoms with Gasteiger partial charge >= 0.3 is 0 Å². The predicted octanol–water partition coefficient (Wildman–Crippen LogP) is 2.92. The molecule has 1 rings (SSSR count). The first-order valence-corrected chi connectivity index (χ1v) is 10.2. The van der Waals surface area contributed by atoms with Crippen molar-refractivity contribution >= 4 is 21.6 Å². The summed E-state index contributed by atoms with van der Waals surface area (Å²) in [6, 6.07) is 4.93. The number of benzene rings is 1. The van der Waals surface area contributed by atoms with E-state index in [9.17, 15) is 13.2 Å². The van der Waals surface area contributed by atoms with Gasteiger partial charge in [-0.05, 0) is 64.8 Å². The number of hydrogen-bond acceptors (Lipinski definition) is 4. The number of hydrogen-bond donors (Lipinski definition) is 3. The Balaban J connectivity index is 2.76. The SMILES string of the molecule is Cc1ccc(NC(=O)CCCCCCN)cc1S(=O)(=O)NC(C)(C)C. The van der Waals surface area contributed by atoms with Gasteiger partial charge in [0.05, 0.1) is 4.90 Å². The van der Waals surface area contributed by atoms with Crippen molar-refractivity contribution in [3.63, 3.8) is 0 Å². The van der Waals surface area contributed by atoms with E-state index < -0.39 is 15.6 Å². The fourth-order valence-corrected chi connectivity index (χ4v) is 4.12. The molecule has 6 nitrogen and oxygen atoms in total. The second kappa shape index (κ2) is 9.31. The summed E-state index contributed by atoms with van der Waals surface area (Å²) >= 11 is 0. The number of sulfonamides is 1. The van der Waals surface area contributed by atoms with Gasteiger partial charge in [0.15, 0.2) is 0 Å². The molecule has 1 aromatic carbocycles. The van der Waals surface area contributed by atoms with E-state index in [-0.39, 0.29) is 10.8 Å². The van der Waals surface area contributed by atoms with Crippen molar-refractivity contribution in [1.29, 1.82) is 0 Å². The lowest BCUT2D eigenvalue weighted by Crippen LogP contribution is -2.40. The van der Waals surface area contributed by atoms with Crippen molar-refractivity contribution in [1.82, 2.24) is 4.72 Å². The van der Waals surface area contributed by atoms with E-state index >= 15 is 0 Å². The monoisotopic (exact) mass is 369 g/mol. The van der Waals surface area contributed by atoms with Crippen LogP contribution < -0.4 is 15.8 Å². The molecular formula is C18H31N3O3S. The number of nitrogens with two attached hydrogens (primary N) is 1. The minimum Gasteiger partial charge on any atom is -0.330 e. The maximum Gasteiger partial charge on any atom is 0.241 e. The normalized spacial score (nSPS) is 12.2. The molecule has 0 unspecified atom stereocenters. The summed E-state index contributed by atoms with van der Waals surface area (Å²) in [6.07, 6.45) is 4.18. The van der Waals surface area contributed by atoms with Crippen molar-refractivity contribution in [2.45, 2.75) is 70.2 Å². The van der Waals surface area contributed by atoms with Gasteiger partial charge in [0, 0.05) is 17.6 Å². The second-order valence-electron chi connectivity index (χ2n) is 7.34. The first-order valence-electron chi connectivity index (χ1n) is 8.70. The van der Waals surface area contributed by atoms with Crippen LogP contribution in [0.3, 0.4) is 0 Å². The third-order valence-electron chi connectivity index (χ3n) is 3.56. The topological polar surface area (TPSA) is 101 Å². The van der Waals surface area contributed by atoms with Crippen LogP contribution in [-0.2, 0) is 14.8 Å². The highest BCUT2D eigenvalue weighted by atomic mass is 32.2. The molecule has 25 heavy (non-hydrogen) atoms. The molecule has 1 amide bonds. The van der Waals surface area contributed by atoms with Gasteiger partial charge in [-0.2, -0.15) is 0 Å². The Hall–Kier alpha value is -1.44. The summed E-state index contributed by atoms with van der Waals surface area (Å²) in [6.45, 7) is 7.78. The molecule has 0 atom stereocenters. The molecule has 0 heterocycles. The molecule has 0 aliphatic heterocycles. The zero-order valence-electron chi connectivity index (χ0n) is 15.7. The predicted molar refractivity (Wildman–Crippen MR) is 102 cm³/mol. The second-order valence-corrected chi connectivity index (χ2v) is 8.99. The van der Waals surface area contributed by atoms with Gasteiger partial charge in [0.2, 0.25) is 15.9 Å². The fraction of sp³-hybridized carbons (Fsp3) is 0.611. The van der Waals surface area contributed by atoms with E-state index in [1.165, 1.54) is 6.07 Å². The molecule has 1 aromatic rings. The van der Waals surface area contributed by atoms with Gasteiger partial charge in [-0.15, -0.1) is 0 Å². The van der Waals surface area contributed by atoms with Crippen molar-refractivity contribution < 1.29 is 13.2 Å². The molecule has 0 aliphatic rings. The number of nitrogens with one attached hydrogen (secondary N) is 2. The molecule has 142 valence electrons. The number of aryl methyl sites for hydroxylation is 1. The average Bonchev–Trinajstić information content (AvgIpc) is 2.46. The van der Waals surface area contributed by atoms with Crippen molar-refractivity contribution in [2.24, 2.45) is 5.73 Å². The summed E-state index contributed by atoms with van der Waals surface area (Å²) in [5, 5.41) is 2.78. The summed E-state index contributed by atoms with van der Waals surface area (Å²) in [4.78, 5) is 12.2. The summed E-state index contributed by atoms with van der Waals surface area (Å²) in [5.41, 5.74) is 5.99. The lowest BCUT2D eigenvalue weighted by atomic mass is 10.1. The van der Waals surface area contributed by atoms with E-state index in [1.807, 2.05) is 0 Å². The van der Waals surface area contributed by atoms with Crippen LogP contribution in [0.5, 0.6) is 0 Å². The molecule has 0 aliphatic carbocycles. The first kappa shape index (κ1) is 21.6. The Morgan fingerprint density at radius 2 is 1.76 bits per heavy atom. The molecule has 0 saturated heterocycles. The number of rotatable bonds is 9. The van der Waals surface area contributed by atoms with Crippen LogP contribution >= 0.6 is 0 Å². The number of carbonyl (C=O) groups is 1. The smallest absolute Gasteiger partial charge is 0.241 e. The largest absolute Gasteiger partial charge is 0.330 e. The van der Waals surface area contributed by atoms with E-state index in [2.05, 4.69) is 10.0 Å². The Bertz CT molecular complexity index is 679. The molecule has 0 bridgehead atoms. The van der Waals surface area contributed by atoms with Crippen LogP contribution in [0.4, 0.5) is 5.69 Å². The van der Waals surface area contributed by atoms with Crippen LogP contribution in [-0.4, -0.2) is 26.4 Å². The highest BCUT2D eigenvalue weighted by Gasteiger charge is 2.24. The van der Waals surface area contributed by atoms with Crippen LogP contribution in [0.25, 0.3) is 0 Å². The van der Waals surface area contributed by atoms with Crippen molar-refractivity contribution in [2.75, 3.05) is 11.9 Å². The molecule has 4 N–H and O–H groups in total. The fourth-order valence-electron chi connectivity index (χ4n) is 2.43. The maximum atomic E-state index is 12.5. The molecule has 0 radical (unpaired) electrons. The zero-order valence-corrected chi connectivity index (χ0v) is 16.5. The van der Waals surface area contributed by atoms with Gasteiger partial charge in [-0.3, -0.25) is 4.79 Å². The average molecular weight is 370 g/mol. The molecule has 0 fully saturated rings. The highest BCUT2D eigenvalue weighted by molar-refractivity contribution is 7.89. The molecule has 0 aromatic heterocycles. The molecule has 7 heteroatoms. The lowest BCUT2D eigenvalue weighted by molar-refractivity contribution is -0.116. The van der Waals surface area contributed by atoms with E-state index in [0.29, 0.717) is 24.2 Å². The molecule has 0 spiro atoms. The van der Waals surface area contributed by atoms with Gasteiger partial charge in [-0.25, -0.2) is 13.1 Å².